The lowest BCUT2D eigenvalue weighted by Crippen LogP contribution is -2.22. The van der Waals surface area contributed by atoms with Crippen LogP contribution in [0.15, 0.2) is 30.3 Å². The third-order valence-electron chi connectivity index (χ3n) is 3.79. The van der Waals surface area contributed by atoms with Crippen LogP contribution in [0.3, 0.4) is 0 Å². The summed E-state index contributed by atoms with van der Waals surface area (Å²) in [7, 11) is 0. The number of nitriles is 1. The van der Waals surface area contributed by atoms with Crippen LogP contribution in [0.2, 0.25) is 0 Å². The lowest BCUT2D eigenvalue weighted by atomic mass is 10.1. The van der Waals surface area contributed by atoms with E-state index in [1.807, 2.05) is 43.3 Å². The van der Waals surface area contributed by atoms with Crippen molar-refractivity contribution in [2.75, 3.05) is 18.0 Å². The number of hydrogen-bond donors (Lipinski definition) is 1. The molecule has 1 unspecified atom stereocenters. The van der Waals surface area contributed by atoms with E-state index in [0.29, 0.717) is 17.9 Å². The topological polar surface area (TPSA) is 73.0 Å². The zero-order valence-electron chi connectivity index (χ0n) is 13.0. The molecule has 1 aromatic carbocycles. The zero-order valence-corrected chi connectivity index (χ0v) is 13.0. The van der Waals surface area contributed by atoms with Gasteiger partial charge in [-0.1, -0.05) is 18.2 Å². The molecule has 1 aliphatic heterocycles. The molecule has 116 valence electrons. The molecule has 1 fully saturated rings. The van der Waals surface area contributed by atoms with Gasteiger partial charge in [-0.3, -0.25) is 0 Å². The Balaban J connectivity index is 1.83. The van der Waals surface area contributed by atoms with Crippen molar-refractivity contribution in [3.05, 3.63) is 53.0 Å². The molecule has 0 bridgehead atoms. The highest BCUT2D eigenvalue weighted by atomic mass is 16.3. The van der Waals surface area contributed by atoms with Crippen molar-refractivity contribution in [1.29, 1.82) is 5.26 Å². The Bertz CT molecular complexity index is 779. The Hall–Kier alpha value is -2.71. The summed E-state index contributed by atoms with van der Waals surface area (Å²) in [5.41, 5.74) is 2.46. The SMILES string of the molecule is Cc1cc(N2CCC(O)C2)nc(C=Cc2cccc(C#N)c2)n1. The van der Waals surface area contributed by atoms with Crippen LogP contribution in [0.4, 0.5) is 5.82 Å². The number of aliphatic hydroxyl groups is 1. The summed E-state index contributed by atoms with van der Waals surface area (Å²) in [4.78, 5) is 11.1. The van der Waals surface area contributed by atoms with Gasteiger partial charge >= 0.3 is 0 Å². The zero-order chi connectivity index (χ0) is 16.2. The van der Waals surface area contributed by atoms with Crippen LogP contribution in [0.5, 0.6) is 0 Å². The largest absolute Gasteiger partial charge is 0.391 e. The number of aliphatic hydroxyl groups excluding tert-OH is 1. The maximum atomic E-state index is 9.68. The highest BCUT2D eigenvalue weighted by molar-refractivity contribution is 5.68. The van der Waals surface area contributed by atoms with E-state index in [2.05, 4.69) is 20.9 Å². The number of aryl methyl sites for hydroxylation is 1. The van der Waals surface area contributed by atoms with E-state index in [1.54, 1.807) is 6.07 Å². The van der Waals surface area contributed by atoms with Crippen LogP contribution in [0, 0.1) is 18.3 Å². The van der Waals surface area contributed by atoms with Gasteiger partial charge in [0.05, 0.1) is 17.7 Å². The molecular formula is C18H18N4O. The summed E-state index contributed by atoms with van der Waals surface area (Å²) in [6, 6.07) is 11.5. The maximum Gasteiger partial charge on any atom is 0.154 e. The third-order valence-corrected chi connectivity index (χ3v) is 3.79. The average Bonchev–Trinajstić information content (AvgIpc) is 2.99. The van der Waals surface area contributed by atoms with Gasteiger partial charge in [0, 0.05) is 24.8 Å². The molecule has 0 amide bonds. The highest BCUT2D eigenvalue weighted by Crippen LogP contribution is 2.19. The first-order chi connectivity index (χ1) is 11.1. The second-order valence-electron chi connectivity index (χ2n) is 5.68. The number of rotatable bonds is 3. The van der Waals surface area contributed by atoms with Gasteiger partial charge in [0.2, 0.25) is 0 Å². The van der Waals surface area contributed by atoms with E-state index in [9.17, 15) is 5.11 Å². The summed E-state index contributed by atoms with van der Waals surface area (Å²) in [6.45, 7) is 3.36. The van der Waals surface area contributed by atoms with E-state index >= 15 is 0 Å². The quantitative estimate of drug-likeness (QED) is 0.942. The van der Waals surface area contributed by atoms with Gasteiger partial charge in [-0.25, -0.2) is 9.97 Å². The van der Waals surface area contributed by atoms with Crippen LogP contribution in [-0.4, -0.2) is 34.3 Å². The van der Waals surface area contributed by atoms with Gasteiger partial charge < -0.3 is 10.0 Å². The van der Waals surface area contributed by atoms with Crippen molar-refractivity contribution in [1.82, 2.24) is 9.97 Å². The van der Waals surface area contributed by atoms with Crippen LogP contribution in [0.25, 0.3) is 12.2 Å². The molecule has 1 N–H and O–H groups in total. The predicted molar refractivity (Wildman–Crippen MR) is 89.7 cm³/mol. The third kappa shape index (κ3) is 3.74. The number of β-amino-alcohol motifs (C(OH)–C–C–N with tert-alkyl or cyclic N) is 1. The summed E-state index contributed by atoms with van der Waals surface area (Å²) in [5, 5.41) is 18.6. The number of hydrogen-bond acceptors (Lipinski definition) is 5. The van der Waals surface area contributed by atoms with E-state index in [0.717, 1.165) is 30.0 Å². The van der Waals surface area contributed by atoms with Crippen molar-refractivity contribution in [3.8, 4) is 6.07 Å². The molecule has 1 saturated heterocycles. The van der Waals surface area contributed by atoms with Gasteiger partial charge in [0.1, 0.15) is 5.82 Å². The number of anilines is 1. The predicted octanol–water partition coefficient (Wildman–Crippen LogP) is 2.40. The molecule has 0 spiro atoms. The van der Waals surface area contributed by atoms with Gasteiger partial charge in [0.25, 0.3) is 0 Å². The van der Waals surface area contributed by atoms with Gasteiger partial charge in [-0.2, -0.15) is 5.26 Å². The number of benzene rings is 1. The second-order valence-corrected chi connectivity index (χ2v) is 5.68. The summed E-state index contributed by atoms with van der Waals surface area (Å²) in [6.07, 6.45) is 4.24. The van der Waals surface area contributed by atoms with Gasteiger partial charge in [-0.15, -0.1) is 0 Å². The second kappa shape index (κ2) is 6.59. The summed E-state index contributed by atoms with van der Waals surface area (Å²) < 4.78 is 0. The molecule has 5 nitrogen and oxygen atoms in total. The van der Waals surface area contributed by atoms with Crippen molar-refractivity contribution in [3.63, 3.8) is 0 Å². The first kappa shape index (κ1) is 15.2. The smallest absolute Gasteiger partial charge is 0.154 e. The fourth-order valence-corrected chi connectivity index (χ4v) is 2.64. The van der Waals surface area contributed by atoms with E-state index < -0.39 is 0 Å². The number of aromatic nitrogens is 2. The Morgan fingerprint density at radius 2 is 2.17 bits per heavy atom. The lowest BCUT2D eigenvalue weighted by Gasteiger charge is -2.17. The van der Waals surface area contributed by atoms with E-state index in [1.165, 1.54) is 0 Å². The van der Waals surface area contributed by atoms with Crippen LogP contribution in [0.1, 0.15) is 29.1 Å². The Kier molecular flexibility index (Phi) is 4.35. The maximum absolute atomic E-state index is 9.68. The molecule has 2 heterocycles. The van der Waals surface area contributed by atoms with E-state index in [-0.39, 0.29) is 6.10 Å². The van der Waals surface area contributed by atoms with Crippen molar-refractivity contribution in [2.24, 2.45) is 0 Å². The molecule has 1 aromatic heterocycles. The minimum atomic E-state index is -0.280. The highest BCUT2D eigenvalue weighted by Gasteiger charge is 2.21. The number of nitrogens with zero attached hydrogens (tertiary/aromatic N) is 4. The van der Waals surface area contributed by atoms with Gasteiger partial charge in [-0.05, 0) is 37.1 Å². The standard InChI is InChI=1S/C18H18N4O/c1-13-9-18(22-8-7-16(23)12-22)21-17(20-13)6-5-14-3-2-4-15(10-14)11-19/h2-6,9-10,16,23H,7-8,12H2,1H3. The van der Waals surface area contributed by atoms with Crippen molar-refractivity contribution < 1.29 is 5.11 Å². The lowest BCUT2D eigenvalue weighted by molar-refractivity contribution is 0.198. The average molecular weight is 306 g/mol. The molecule has 5 heteroatoms. The Labute approximate surface area is 135 Å². The molecule has 23 heavy (non-hydrogen) atoms. The monoisotopic (exact) mass is 306 g/mol. The Morgan fingerprint density at radius 3 is 2.91 bits per heavy atom. The summed E-state index contributed by atoms with van der Waals surface area (Å²) >= 11 is 0. The molecule has 2 aromatic rings. The fraction of sp³-hybridized carbons (Fsp3) is 0.278. The molecular weight excluding hydrogens is 288 g/mol. The molecule has 3 rings (SSSR count). The van der Waals surface area contributed by atoms with E-state index in [4.69, 9.17) is 5.26 Å². The fourth-order valence-electron chi connectivity index (χ4n) is 2.64. The van der Waals surface area contributed by atoms with Gasteiger partial charge in [0.15, 0.2) is 5.82 Å². The minimum absolute atomic E-state index is 0.280. The summed E-state index contributed by atoms with van der Waals surface area (Å²) in [5.74, 6) is 1.48. The Morgan fingerprint density at radius 1 is 1.30 bits per heavy atom. The normalized spacial score (nSPS) is 17.6. The van der Waals surface area contributed by atoms with Crippen LogP contribution < -0.4 is 4.90 Å². The first-order valence-corrected chi connectivity index (χ1v) is 7.61. The van der Waals surface area contributed by atoms with Crippen LogP contribution >= 0.6 is 0 Å². The molecule has 1 aliphatic rings. The first-order valence-electron chi connectivity index (χ1n) is 7.61. The van der Waals surface area contributed by atoms with Crippen molar-refractivity contribution >= 4 is 18.0 Å². The molecule has 1 atom stereocenters. The van der Waals surface area contributed by atoms with Crippen molar-refractivity contribution in [2.45, 2.75) is 19.4 Å². The minimum Gasteiger partial charge on any atom is -0.391 e. The van der Waals surface area contributed by atoms with Crippen LogP contribution in [-0.2, 0) is 0 Å². The molecule has 0 radical (unpaired) electrons. The molecule has 0 aliphatic carbocycles. The molecule has 0 saturated carbocycles.